The standard InChI is InChI=1S/C20H23O5P/c1-3-23-12-13-24-20(21)15(2)14-26(22)19-11-7-5-9-17(19)16-8-4-6-10-18(16)25-26/h4-11,15H,3,12-14H2,1-2H3. The lowest BCUT2D eigenvalue weighted by Crippen LogP contribution is -2.26. The van der Waals surface area contributed by atoms with E-state index in [1.54, 1.807) is 6.92 Å². The van der Waals surface area contributed by atoms with Crippen molar-refractivity contribution in [2.45, 2.75) is 13.8 Å². The first-order chi connectivity index (χ1) is 12.5. The Bertz CT molecular complexity index is 832. The third kappa shape index (κ3) is 3.84. The highest BCUT2D eigenvalue weighted by atomic mass is 31.2. The third-order valence-electron chi connectivity index (χ3n) is 4.29. The molecule has 0 spiro atoms. The van der Waals surface area contributed by atoms with Crippen LogP contribution in [0.25, 0.3) is 11.1 Å². The van der Waals surface area contributed by atoms with Crippen molar-refractivity contribution in [3.05, 3.63) is 48.5 Å². The second-order valence-electron chi connectivity index (χ2n) is 6.23. The van der Waals surface area contributed by atoms with Gasteiger partial charge in [0, 0.05) is 12.2 Å². The summed E-state index contributed by atoms with van der Waals surface area (Å²) < 4.78 is 30.0. The van der Waals surface area contributed by atoms with Gasteiger partial charge in [-0.2, -0.15) is 0 Å². The molecule has 2 aromatic carbocycles. The first kappa shape index (κ1) is 18.7. The number of benzene rings is 2. The number of fused-ring (bicyclic) bond motifs is 3. The normalized spacial score (nSPS) is 19.0. The molecule has 0 fully saturated rings. The second kappa shape index (κ2) is 8.07. The average Bonchev–Trinajstić information content (AvgIpc) is 2.65. The number of ether oxygens (including phenoxy) is 2. The van der Waals surface area contributed by atoms with Crippen LogP contribution in [0.15, 0.2) is 48.5 Å². The number of hydrogen-bond acceptors (Lipinski definition) is 5. The first-order valence-corrected chi connectivity index (χ1v) is 10.6. The van der Waals surface area contributed by atoms with E-state index in [0.717, 1.165) is 11.1 Å². The molecule has 138 valence electrons. The number of para-hydroxylation sites is 1. The zero-order valence-corrected chi connectivity index (χ0v) is 15.9. The number of rotatable bonds is 7. The van der Waals surface area contributed by atoms with Crippen molar-refractivity contribution >= 4 is 18.6 Å². The monoisotopic (exact) mass is 374 g/mol. The van der Waals surface area contributed by atoms with E-state index in [1.807, 2.05) is 55.5 Å². The van der Waals surface area contributed by atoms with Gasteiger partial charge in [-0.25, -0.2) is 0 Å². The largest absolute Gasteiger partial charge is 0.463 e. The molecule has 0 radical (unpaired) electrons. The van der Waals surface area contributed by atoms with Gasteiger partial charge in [-0.3, -0.25) is 9.36 Å². The Kier molecular flexibility index (Phi) is 5.80. The van der Waals surface area contributed by atoms with Gasteiger partial charge in [0.1, 0.15) is 12.4 Å². The molecular formula is C20H23O5P. The van der Waals surface area contributed by atoms with Gasteiger partial charge in [-0.1, -0.05) is 43.3 Å². The van der Waals surface area contributed by atoms with Gasteiger partial charge >= 0.3 is 5.97 Å². The molecule has 0 aromatic heterocycles. The Morgan fingerprint density at radius 2 is 1.77 bits per heavy atom. The second-order valence-corrected chi connectivity index (χ2v) is 8.60. The minimum atomic E-state index is -3.22. The van der Waals surface area contributed by atoms with Crippen LogP contribution in [-0.2, 0) is 18.8 Å². The molecule has 0 N–H and O–H groups in total. The van der Waals surface area contributed by atoms with E-state index in [4.69, 9.17) is 14.0 Å². The minimum absolute atomic E-state index is 0.103. The molecule has 5 nitrogen and oxygen atoms in total. The van der Waals surface area contributed by atoms with Crippen LogP contribution in [-0.4, -0.2) is 32.0 Å². The predicted octanol–water partition coefficient (Wildman–Crippen LogP) is 3.87. The summed E-state index contributed by atoms with van der Waals surface area (Å²) in [6.07, 6.45) is 0.103. The van der Waals surface area contributed by atoms with Crippen molar-refractivity contribution in [2.75, 3.05) is 26.0 Å². The van der Waals surface area contributed by atoms with Crippen molar-refractivity contribution in [1.29, 1.82) is 0 Å². The third-order valence-corrected chi connectivity index (χ3v) is 6.93. The van der Waals surface area contributed by atoms with Crippen molar-refractivity contribution in [3.63, 3.8) is 0 Å². The topological polar surface area (TPSA) is 61.8 Å². The number of carbonyl (C=O) groups is 1. The van der Waals surface area contributed by atoms with Gasteiger partial charge in [0.15, 0.2) is 0 Å². The molecule has 6 heteroatoms. The molecule has 0 saturated heterocycles. The van der Waals surface area contributed by atoms with Crippen molar-refractivity contribution in [3.8, 4) is 16.9 Å². The fourth-order valence-electron chi connectivity index (χ4n) is 3.03. The summed E-state index contributed by atoms with van der Waals surface area (Å²) in [6.45, 7) is 4.73. The van der Waals surface area contributed by atoms with Gasteiger partial charge in [0.25, 0.3) is 7.37 Å². The summed E-state index contributed by atoms with van der Waals surface area (Å²) in [5.41, 5.74) is 1.82. The van der Waals surface area contributed by atoms with E-state index in [1.165, 1.54) is 0 Å². The molecule has 0 saturated carbocycles. The van der Waals surface area contributed by atoms with Crippen LogP contribution in [0.5, 0.6) is 5.75 Å². The van der Waals surface area contributed by atoms with Crippen LogP contribution in [0.2, 0.25) is 0 Å². The van der Waals surface area contributed by atoms with E-state index >= 15 is 0 Å². The maximum Gasteiger partial charge on any atom is 0.309 e. The lowest BCUT2D eigenvalue weighted by atomic mass is 10.0. The Hall–Kier alpha value is -2.10. The molecular weight excluding hydrogens is 351 g/mol. The van der Waals surface area contributed by atoms with Crippen LogP contribution in [0, 0.1) is 5.92 Å². The molecule has 1 aliphatic heterocycles. The number of esters is 1. The van der Waals surface area contributed by atoms with Crippen molar-refractivity contribution < 1.29 is 23.4 Å². The van der Waals surface area contributed by atoms with Crippen LogP contribution >= 0.6 is 7.37 Å². The maximum atomic E-state index is 13.7. The van der Waals surface area contributed by atoms with Crippen LogP contribution in [0.4, 0.5) is 0 Å². The molecule has 0 aliphatic carbocycles. The molecule has 0 bridgehead atoms. The van der Waals surface area contributed by atoms with Crippen LogP contribution in [0.3, 0.4) is 0 Å². The molecule has 26 heavy (non-hydrogen) atoms. The Morgan fingerprint density at radius 1 is 1.08 bits per heavy atom. The summed E-state index contributed by atoms with van der Waals surface area (Å²) in [5.74, 6) is -0.341. The SMILES string of the molecule is CCOCCOC(=O)C(C)CP1(=O)Oc2ccccc2-c2ccccc21. The van der Waals surface area contributed by atoms with Gasteiger partial charge < -0.3 is 14.0 Å². The molecule has 0 amide bonds. The Balaban J connectivity index is 1.80. The molecule has 1 aliphatic rings. The fourth-order valence-corrected chi connectivity index (χ4v) is 5.63. The van der Waals surface area contributed by atoms with E-state index in [2.05, 4.69) is 0 Å². The summed E-state index contributed by atoms with van der Waals surface area (Å²) >= 11 is 0. The minimum Gasteiger partial charge on any atom is -0.463 e. The lowest BCUT2D eigenvalue weighted by molar-refractivity contribution is -0.148. The zero-order chi connectivity index (χ0) is 18.6. The van der Waals surface area contributed by atoms with E-state index in [9.17, 15) is 9.36 Å². The molecule has 2 aromatic rings. The lowest BCUT2D eigenvalue weighted by Gasteiger charge is -2.29. The maximum absolute atomic E-state index is 13.7. The van der Waals surface area contributed by atoms with Gasteiger partial charge in [-0.05, 0) is 24.6 Å². The average molecular weight is 374 g/mol. The summed E-state index contributed by atoms with van der Waals surface area (Å²) in [6, 6.07) is 15.0. The fraction of sp³-hybridized carbons (Fsp3) is 0.350. The summed E-state index contributed by atoms with van der Waals surface area (Å²) in [5, 5.41) is 0.660. The number of hydrogen-bond donors (Lipinski definition) is 0. The molecule has 2 unspecified atom stereocenters. The van der Waals surface area contributed by atoms with Crippen molar-refractivity contribution in [2.24, 2.45) is 5.92 Å². The van der Waals surface area contributed by atoms with E-state index in [0.29, 0.717) is 24.3 Å². The highest BCUT2D eigenvalue weighted by molar-refractivity contribution is 7.67. The molecule has 1 heterocycles. The summed E-state index contributed by atoms with van der Waals surface area (Å²) in [4.78, 5) is 12.2. The molecule has 2 atom stereocenters. The summed E-state index contributed by atoms with van der Waals surface area (Å²) in [7, 11) is -3.22. The molecule has 3 rings (SSSR count). The first-order valence-electron chi connectivity index (χ1n) is 8.77. The Labute approximate surface area is 153 Å². The van der Waals surface area contributed by atoms with Gasteiger partial charge in [0.2, 0.25) is 0 Å². The van der Waals surface area contributed by atoms with Crippen molar-refractivity contribution in [1.82, 2.24) is 0 Å². The van der Waals surface area contributed by atoms with E-state index in [-0.39, 0.29) is 18.7 Å². The Morgan fingerprint density at radius 3 is 2.54 bits per heavy atom. The van der Waals surface area contributed by atoms with Crippen LogP contribution in [0.1, 0.15) is 13.8 Å². The van der Waals surface area contributed by atoms with Gasteiger partial charge in [0.05, 0.1) is 24.0 Å². The van der Waals surface area contributed by atoms with Crippen LogP contribution < -0.4 is 9.83 Å². The smallest absolute Gasteiger partial charge is 0.309 e. The van der Waals surface area contributed by atoms with Gasteiger partial charge in [-0.15, -0.1) is 0 Å². The zero-order valence-electron chi connectivity index (χ0n) is 15.0. The predicted molar refractivity (Wildman–Crippen MR) is 101 cm³/mol. The quantitative estimate of drug-likeness (QED) is 0.418. The number of carbonyl (C=O) groups excluding carboxylic acids is 1. The highest BCUT2D eigenvalue weighted by Gasteiger charge is 2.38. The van der Waals surface area contributed by atoms with E-state index < -0.39 is 13.3 Å². The highest BCUT2D eigenvalue weighted by Crippen LogP contribution is 2.55.